The molecular formula is C18H24N4O3. The van der Waals surface area contributed by atoms with Gasteiger partial charge in [0.15, 0.2) is 0 Å². The molecule has 1 aliphatic heterocycles. The molecule has 25 heavy (non-hydrogen) atoms. The number of piperazine rings is 1. The number of nitrogens with zero attached hydrogens (tertiary/aromatic N) is 4. The van der Waals surface area contributed by atoms with Crippen LogP contribution in [0.2, 0.25) is 0 Å². The summed E-state index contributed by atoms with van der Waals surface area (Å²) in [5.74, 6) is 1.23. The van der Waals surface area contributed by atoms with Gasteiger partial charge in [-0.2, -0.15) is 5.10 Å². The summed E-state index contributed by atoms with van der Waals surface area (Å²) in [6.07, 6.45) is 3.76. The van der Waals surface area contributed by atoms with E-state index in [-0.39, 0.29) is 5.91 Å². The van der Waals surface area contributed by atoms with E-state index in [2.05, 4.69) is 10.00 Å². The molecular weight excluding hydrogens is 320 g/mol. The van der Waals surface area contributed by atoms with Crippen molar-refractivity contribution in [3.05, 3.63) is 42.2 Å². The Morgan fingerprint density at radius 1 is 1.12 bits per heavy atom. The number of ether oxygens (including phenoxy) is 2. The lowest BCUT2D eigenvalue weighted by molar-refractivity contribution is 0.0628. The van der Waals surface area contributed by atoms with E-state index in [4.69, 9.17) is 9.47 Å². The Morgan fingerprint density at radius 3 is 2.56 bits per heavy atom. The van der Waals surface area contributed by atoms with Crippen LogP contribution in [0, 0.1) is 0 Å². The zero-order chi connectivity index (χ0) is 17.6. The maximum atomic E-state index is 12.8. The van der Waals surface area contributed by atoms with E-state index < -0.39 is 0 Å². The van der Waals surface area contributed by atoms with Gasteiger partial charge in [-0.05, 0) is 18.2 Å². The largest absolute Gasteiger partial charge is 0.497 e. The van der Waals surface area contributed by atoms with Crippen molar-refractivity contribution in [2.24, 2.45) is 0 Å². The predicted octanol–water partition coefficient (Wildman–Crippen LogP) is 1.36. The SMILES string of the molecule is COc1ccc(C(=O)N2CCN(CCn3cccn3)CC2)c(OC)c1. The topological polar surface area (TPSA) is 59.8 Å². The van der Waals surface area contributed by atoms with Gasteiger partial charge in [0, 0.05) is 51.2 Å². The third kappa shape index (κ3) is 4.11. The zero-order valence-electron chi connectivity index (χ0n) is 14.7. The van der Waals surface area contributed by atoms with Crippen LogP contribution in [0.15, 0.2) is 36.7 Å². The molecule has 1 aromatic carbocycles. The molecule has 0 N–H and O–H groups in total. The molecule has 134 valence electrons. The Bertz CT molecular complexity index is 694. The molecule has 2 heterocycles. The van der Waals surface area contributed by atoms with Crippen LogP contribution in [0.25, 0.3) is 0 Å². The summed E-state index contributed by atoms with van der Waals surface area (Å²) in [6, 6.07) is 7.23. The molecule has 3 rings (SSSR count). The quantitative estimate of drug-likeness (QED) is 0.792. The minimum atomic E-state index is 0.00577. The highest BCUT2D eigenvalue weighted by Gasteiger charge is 2.24. The van der Waals surface area contributed by atoms with Crippen LogP contribution in [-0.4, -0.2) is 72.4 Å². The highest BCUT2D eigenvalue weighted by atomic mass is 16.5. The molecule has 0 bridgehead atoms. The lowest BCUT2D eigenvalue weighted by atomic mass is 10.1. The van der Waals surface area contributed by atoms with Crippen molar-refractivity contribution in [1.29, 1.82) is 0 Å². The van der Waals surface area contributed by atoms with Crippen LogP contribution in [0.3, 0.4) is 0 Å². The lowest BCUT2D eigenvalue weighted by Gasteiger charge is -2.34. The zero-order valence-corrected chi connectivity index (χ0v) is 14.7. The molecule has 1 fully saturated rings. The summed E-state index contributed by atoms with van der Waals surface area (Å²) >= 11 is 0. The number of methoxy groups -OCH3 is 2. The number of carbonyl (C=O) groups excluding carboxylic acids is 1. The van der Waals surface area contributed by atoms with E-state index in [1.807, 2.05) is 21.8 Å². The third-order valence-electron chi connectivity index (χ3n) is 4.50. The first-order valence-electron chi connectivity index (χ1n) is 8.42. The van der Waals surface area contributed by atoms with Crippen molar-refractivity contribution >= 4 is 5.91 Å². The second-order valence-corrected chi connectivity index (χ2v) is 5.97. The van der Waals surface area contributed by atoms with Gasteiger partial charge in [0.2, 0.25) is 0 Å². The Morgan fingerprint density at radius 2 is 1.92 bits per heavy atom. The highest BCUT2D eigenvalue weighted by molar-refractivity contribution is 5.97. The number of benzene rings is 1. The van der Waals surface area contributed by atoms with Gasteiger partial charge in [-0.3, -0.25) is 14.4 Å². The second kappa shape index (κ2) is 8.02. The minimum Gasteiger partial charge on any atom is -0.497 e. The van der Waals surface area contributed by atoms with Crippen LogP contribution in [0.4, 0.5) is 0 Å². The number of aromatic nitrogens is 2. The van der Waals surface area contributed by atoms with Crippen molar-refractivity contribution < 1.29 is 14.3 Å². The molecule has 7 nitrogen and oxygen atoms in total. The number of hydrogen-bond acceptors (Lipinski definition) is 5. The van der Waals surface area contributed by atoms with Crippen LogP contribution in [0.1, 0.15) is 10.4 Å². The fourth-order valence-electron chi connectivity index (χ4n) is 3.00. The van der Waals surface area contributed by atoms with E-state index in [0.717, 1.165) is 26.2 Å². The van der Waals surface area contributed by atoms with Gasteiger partial charge < -0.3 is 14.4 Å². The second-order valence-electron chi connectivity index (χ2n) is 5.97. The smallest absolute Gasteiger partial charge is 0.257 e. The lowest BCUT2D eigenvalue weighted by Crippen LogP contribution is -2.49. The predicted molar refractivity (Wildman–Crippen MR) is 94.1 cm³/mol. The van der Waals surface area contributed by atoms with Gasteiger partial charge in [-0.1, -0.05) is 0 Å². The summed E-state index contributed by atoms with van der Waals surface area (Å²) < 4.78 is 12.5. The summed E-state index contributed by atoms with van der Waals surface area (Å²) in [7, 11) is 3.16. The third-order valence-corrected chi connectivity index (χ3v) is 4.50. The Labute approximate surface area is 147 Å². The van der Waals surface area contributed by atoms with Crippen LogP contribution >= 0.6 is 0 Å². The standard InChI is InChI=1S/C18H24N4O3/c1-24-15-4-5-16(17(14-15)25-2)18(23)21-11-8-20(9-12-21)10-13-22-7-3-6-19-22/h3-7,14H,8-13H2,1-2H3. The molecule has 0 unspecified atom stereocenters. The Hall–Kier alpha value is -2.54. The first-order valence-corrected chi connectivity index (χ1v) is 8.42. The molecule has 1 saturated heterocycles. The van der Waals surface area contributed by atoms with Gasteiger partial charge in [0.25, 0.3) is 5.91 Å². The minimum absolute atomic E-state index is 0.00577. The van der Waals surface area contributed by atoms with Crippen molar-refractivity contribution in [3.8, 4) is 11.5 Å². The fraction of sp³-hybridized carbons (Fsp3) is 0.444. The molecule has 0 saturated carbocycles. The van der Waals surface area contributed by atoms with Gasteiger partial charge in [0.1, 0.15) is 11.5 Å². The van der Waals surface area contributed by atoms with Gasteiger partial charge >= 0.3 is 0 Å². The molecule has 0 spiro atoms. The molecule has 1 amide bonds. The molecule has 1 aromatic heterocycles. The number of rotatable bonds is 6. The van der Waals surface area contributed by atoms with E-state index in [1.54, 1.807) is 38.6 Å². The Balaban J connectivity index is 1.56. The first-order chi connectivity index (χ1) is 12.2. The molecule has 2 aromatic rings. The number of hydrogen-bond donors (Lipinski definition) is 0. The number of carbonyl (C=O) groups is 1. The van der Waals surface area contributed by atoms with Crippen molar-refractivity contribution in [1.82, 2.24) is 19.6 Å². The molecule has 0 radical (unpaired) electrons. The van der Waals surface area contributed by atoms with E-state index in [0.29, 0.717) is 30.2 Å². The first kappa shape index (κ1) is 17.3. The highest BCUT2D eigenvalue weighted by Crippen LogP contribution is 2.26. The molecule has 7 heteroatoms. The summed E-state index contributed by atoms with van der Waals surface area (Å²) in [5.41, 5.74) is 0.577. The van der Waals surface area contributed by atoms with Gasteiger partial charge in [-0.15, -0.1) is 0 Å². The van der Waals surface area contributed by atoms with Crippen molar-refractivity contribution in [3.63, 3.8) is 0 Å². The maximum absolute atomic E-state index is 12.8. The van der Waals surface area contributed by atoms with E-state index in [1.165, 1.54) is 0 Å². The average molecular weight is 344 g/mol. The van der Waals surface area contributed by atoms with E-state index in [9.17, 15) is 4.79 Å². The number of amides is 1. The van der Waals surface area contributed by atoms with Gasteiger partial charge in [-0.25, -0.2) is 0 Å². The average Bonchev–Trinajstić information content (AvgIpc) is 3.19. The van der Waals surface area contributed by atoms with Crippen LogP contribution in [-0.2, 0) is 6.54 Å². The van der Waals surface area contributed by atoms with Crippen LogP contribution in [0.5, 0.6) is 11.5 Å². The van der Waals surface area contributed by atoms with Crippen molar-refractivity contribution in [2.75, 3.05) is 46.9 Å². The summed E-state index contributed by atoms with van der Waals surface area (Å²) in [6.45, 7) is 4.97. The molecule has 1 aliphatic rings. The Kier molecular flexibility index (Phi) is 5.55. The van der Waals surface area contributed by atoms with Crippen LogP contribution < -0.4 is 9.47 Å². The monoisotopic (exact) mass is 344 g/mol. The molecule has 0 atom stereocenters. The van der Waals surface area contributed by atoms with E-state index >= 15 is 0 Å². The normalized spacial score (nSPS) is 15.2. The summed E-state index contributed by atoms with van der Waals surface area (Å²) in [4.78, 5) is 17.0. The van der Waals surface area contributed by atoms with Crippen molar-refractivity contribution in [2.45, 2.75) is 6.54 Å². The maximum Gasteiger partial charge on any atom is 0.257 e. The molecule has 0 aliphatic carbocycles. The summed E-state index contributed by atoms with van der Waals surface area (Å²) in [5, 5.41) is 4.22. The van der Waals surface area contributed by atoms with Gasteiger partial charge in [0.05, 0.1) is 26.3 Å². The fourth-order valence-corrected chi connectivity index (χ4v) is 3.00.